The summed E-state index contributed by atoms with van der Waals surface area (Å²) in [5.41, 5.74) is 1.34. The molecule has 8 heteroatoms. The summed E-state index contributed by atoms with van der Waals surface area (Å²) < 4.78 is 11.9. The molecule has 168 valence electrons. The number of ketones is 1. The van der Waals surface area contributed by atoms with E-state index in [-0.39, 0.29) is 5.43 Å². The molecule has 1 aliphatic rings. The molecule has 1 fully saturated rings. The van der Waals surface area contributed by atoms with Gasteiger partial charge in [-0.25, -0.2) is 0 Å². The highest BCUT2D eigenvalue weighted by molar-refractivity contribution is 7.13. The molecule has 1 saturated heterocycles. The largest absolute Gasteiger partial charge is 0.493 e. The Morgan fingerprint density at radius 1 is 1.12 bits per heavy atom. The van der Waals surface area contributed by atoms with Crippen molar-refractivity contribution in [2.75, 3.05) is 32.8 Å². The van der Waals surface area contributed by atoms with E-state index in [1.54, 1.807) is 34.5 Å². The van der Waals surface area contributed by atoms with Crippen molar-refractivity contribution in [1.82, 2.24) is 9.80 Å². The Morgan fingerprint density at radius 2 is 1.91 bits per heavy atom. The van der Waals surface area contributed by atoms with Gasteiger partial charge in [0.15, 0.2) is 5.43 Å². The smallest absolute Gasteiger partial charge is 0.295 e. The zero-order chi connectivity index (χ0) is 22.7. The topological polar surface area (TPSA) is 80.1 Å². The molecule has 1 aromatic carbocycles. The second-order valence-corrected chi connectivity index (χ2v) is 8.60. The summed E-state index contributed by atoms with van der Waals surface area (Å²) in [6, 6.07) is 8.56. The number of piperazine rings is 1. The molecule has 0 atom stereocenters. The number of rotatable bonds is 7. The van der Waals surface area contributed by atoms with Crippen LogP contribution in [0.4, 0.5) is 0 Å². The number of nitrogens with zero attached hydrogens (tertiary/aromatic N) is 2. The molecule has 0 radical (unpaired) electrons. The van der Waals surface area contributed by atoms with E-state index in [0.29, 0.717) is 73.1 Å². The fourth-order valence-corrected chi connectivity index (χ4v) is 4.56. The van der Waals surface area contributed by atoms with Crippen LogP contribution < -0.4 is 10.2 Å². The van der Waals surface area contributed by atoms with Gasteiger partial charge >= 0.3 is 0 Å². The molecule has 0 saturated carbocycles. The Labute approximate surface area is 190 Å². The summed E-state index contributed by atoms with van der Waals surface area (Å²) in [7, 11) is 0. The summed E-state index contributed by atoms with van der Waals surface area (Å²) in [4.78, 5) is 41.8. The van der Waals surface area contributed by atoms with Crippen LogP contribution in [-0.4, -0.2) is 54.3 Å². The molecule has 32 heavy (non-hydrogen) atoms. The highest BCUT2D eigenvalue weighted by atomic mass is 32.1. The SMILES string of the molecule is CCOc1ccc2c(=O)cc(CC)oc2c1CN1CCN(C(=O)C(=O)c2cccs2)CC1. The van der Waals surface area contributed by atoms with Gasteiger partial charge in [0.1, 0.15) is 17.1 Å². The summed E-state index contributed by atoms with van der Waals surface area (Å²) in [6.45, 7) is 7.06. The Bertz CT molecular complexity index is 1180. The molecule has 3 aromatic rings. The maximum absolute atomic E-state index is 12.6. The van der Waals surface area contributed by atoms with Gasteiger partial charge in [-0.15, -0.1) is 11.3 Å². The van der Waals surface area contributed by atoms with Crippen LogP contribution in [0, 0.1) is 0 Å². The lowest BCUT2D eigenvalue weighted by Gasteiger charge is -2.34. The lowest BCUT2D eigenvalue weighted by Crippen LogP contribution is -2.50. The zero-order valence-corrected chi connectivity index (χ0v) is 19.1. The molecule has 1 amide bonds. The number of carbonyl (C=O) groups is 2. The predicted octanol–water partition coefficient (Wildman–Crippen LogP) is 3.34. The van der Waals surface area contributed by atoms with E-state index in [1.807, 2.05) is 19.9 Å². The van der Waals surface area contributed by atoms with Crippen LogP contribution in [0.5, 0.6) is 5.75 Å². The Hall–Kier alpha value is -2.97. The van der Waals surface area contributed by atoms with Crippen molar-refractivity contribution < 1.29 is 18.7 Å². The lowest BCUT2D eigenvalue weighted by atomic mass is 10.1. The molecular formula is C24H26N2O5S. The van der Waals surface area contributed by atoms with Gasteiger partial charge in [-0.05, 0) is 30.5 Å². The molecule has 3 heterocycles. The zero-order valence-electron chi connectivity index (χ0n) is 18.3. The van der Waals surface area contributed by atoms with E-state index in [0.717, 1.165) is 5.56 Å². The average Bonchev–Trinajstić information content (AvgIpc) is 3.35. The number of thiophene rings is 1. The number of aryl methyl sites for hydroxylation is 1. The quantitative estimate of drug-likeness (QED) is 0.402. The van der Waals surface area contributed by atoms with Gasteiger partial charge in [-0.2, -0.15) is 0 Å². The molecular weight excluding hydrogens is 428 g/mol. The fourth-order valence-electron chi connectivity index (χ4n) is 3.91. The summed E-state index contributed by atoms with van der Waals surface area (Å²) >= 11 is 1.28. The first-order chi connectivity index (χ1) is 15.5. The Kier molecular flexibility index (Phi) is 6.72. The first-order valence-electron chi connectivity index (χ1n) is 10.8. The molecule has 0 spiro atoms. The maximum Gasteiger partial charge on any atom is 0.295 e. The first kappa shape index (κ1) is 22.2. The molecule has 2 aromatic heterocycles. The molecule has 4 rings (SSSR count). The number of benzene rings is 1. The van der Waals surface area contributed by atoms with E-state index < -0.39 is 11.7 Å². The number of amides is 1. The van der Waals surface area contributed by atoms with Gasteiger partial charge in [0.2, 0.25) is 0 Å². The maximum atomic E-state index is 12.6. The standard InChI is InChI=1S/C24H26N2O5S/c1-3-16-14-19(27)17-7-8-20(30-4-2)18(23(17)31-16)15-25-9-11-26(12-10-25)24(29)22(28)21-6-5-13-32-21/h5-8,13-14H,3-4,9-12,15H2,1-2H3. The molecule has 0 bridgehead atoms. The van der Waals surface area contributed by atoms with Crippen molar-refractivity contribution in [1.29, 1.82) is 0 Å². The molecule has 0 N–H and O–H groups in total. The Balaban J connectivity index is 1.53. The van der Waals surface area contributed by atoms with Crippen LogP contribution >= 0.6 is 11.3 Å². The minimum absolute atomic E-state index is 0.0603. The lowest BCUT2D eigenvalue weighted by molar-refractivity contribution is -0.128. The third-order valence-corrected chi connectivity index (χ3v) is 6.51. The second kappa shape index (κ2) is 9.67. The van der Waals surface area contributed by atoms with E-state index in [1.165, 1.54) is 11.3 Å². The van der Waals surface area contributed by atoms with Crippen LogP contribution in [-0.2, 0) is 17.8 Å². The minimum atomic E-state index is -0.453. The van der Waals surface area contributed by atoms with Crippen LogP contribution in [0.25, 0.3) is 11.0 Å². The van der Waals surface area contributed by atoms with Crippen LogP contribution in [0.2, 0.25) is 0 Å². The van der Waals surface area contributed by atoms with Crippen LogP contribution in [0.15, 0.2) is 44.9 Å². The van der Waals surface area contributed by atoms with Crippen molar-refractivity contribution in [3.63, 3.8) is 0 Å². The van der Waals surface area contributed by atoms with Crippen molar-refractivity contribution in [3.8, 4) is 5.75 Å². The highest BCUT2D eigenvalue weighted by Crippen LogP contribution is 2.29. The van der Waals surface area contributed by atoms with Crippen molar-refractivity contribution in [2.45, 2.75) is 26.8 Å². The van der Waals surface area contributed by atoms with E-state index >= 15 is 0 Å². The van der Waals surface area contributed by atoms with Crippen molar-refractivity contribution in [3.05, 3.63) is 62.1 Å². The minimum Gasteiger partial charge on any atom is -0.493 e. The fraction of sp³-hybridized carbons (Fsp3) is 0.375. The Morgan fingerprint density at radius 3 is 2.56 bits per heavy atom. The van der Waals surface area contributed by atoms with E-state index in [4.69, 9.17) is 9.15 Å². The number of carbonyl (C=O) groups excluding carboxylic acids is 2. The second-order valence-electron chi connectivity index (χ2n) is 7.66. The van der Waals surface area contributed by atoms with Crippen molar-refractivity contribution >= 4 is 34.0 Å². The summed E-state index contributed by atoms with van der Waals surface area (Å²) in [5.74, 6) is 0.434. The monoisotopic (exact) mass is 454 g/mol. The third-order valence-electron chi connectivity index (χ3n) is 5.64. The van der Waals surface area contributed by atoms with Gasteiger partial charge in [-0.1, -0.05) is 13.0 Å². The highest BCUT2D eigenvalue weighted by Gasteiger charge is 2.28. The summed E-state index contributed by atoms with van der Waals surface area (Å²) in [6.07, 6.45) is 0.628. The normalized spacial score (nSPS) is 14.6. The van der Waals surface area contributed by atoms with Crippen molar-refractivity contribution in [2.24, 2.45) is 0 Å². The first-order valence-corrected chi connectivity index (χ1v) is 11.7. The number of hydrogen-bond donors (Lipinski definition) is 0. The van der Waals surface area contributed by atoms with E-state index in [9.17, 15) is 14.4 Å². The van der Waals surface area contributed by atoms with Gasteiger partial charge in [0.05, 0.1) is 22.4 Å². The molecule has 7 nitrogen and oxygen atoms in total. The third kappa shape index (κ3) is 4.47. The molecule has 0 unspecified atom stereocenters. The number of hydrogen-bond acceptors (Lipinski definition) is 7. The number of fused-ring (bicyclic) bond motifs is 1. The van der Waals surface area contributed by atoms with E-state index in [2.05, 4.69) is 4.90 Å². The number of Topliss-reactive ketones (excluding diaryl/α,β-unsaturated/α-hetero) is 1. The predicted molar refractivity (Wildman–Crippen MR) is 124 cm³/mol. The van der Waals surface area contributed by atoms with Gasteiger partial charge < -0.3 is 14.1 Å². The average molecular weight is 455 g/mol. The number of ether oxygens (including phenoxy) is 1. The summed E-state index contributed by atoms with van der Waals surface area (Å²) in [5, 5.41) is 2.33. The van der Waals surface area contributed by atoms with Crippen LogP contribution in [0.1, 0.15) is 34.8 Å². The van der Waals surface area contributed by atoms with Gasteiger partial charge in [0.25, 0.3) is 11.7 Å². The molecule has 0 aliphatic carbocycles. The molecule has 1 aliphatic heterocycles. The van der Waals surface area contributed by atoms with Crippen LogP contribution in [0.3, 0.4) is 0 Å². The van der Waals surface area contributed by atoms with Gasteiger partial charge in [-0.3, -0.25) is 19.3 Å². The van der Waals surface area contributed by atoms with Gasteiger partial charge in [0, 0.05) is 45.2 Å².